The van der Waals surface area contributed by atoms with Crippen LogP contribution in [0.5, 0.6) is 0 Å². The number of hydrogen-bond donors (Lipinski definition) is 0. The number of nitrogens with zero attached hydrogens (tertiary/aromatic N) is 2. The lowest BCUT2D eigenvalue weighted by atomic mass is 10.2. The molecule has 0 saturated heterocycles. The molecule has 0 spiro atoms. The van der Waals surface area contributed by atoms with Gasteiger partial charge in [-0.3, -0.25) is 9.69 Å². The Bertz CT molecular complexity index is 558. The lowest BCUT2D eigenvalue weighted by Gasteiger charge is -2.19. The first-order chi connectivity index (χ1) is 8.83. The average Bonchev–Trinajstić information content (AvgIpc) is 2.46. The van der Waals surface area contributed by atoms with E-state index in [1.165, 1.54) is 4.90 Å². The number of rotatable bonds is 3. The van der Waals surface area contributed by atoms with Crippen LogP contribution in [0.25, 0.3) is 0 Å². The van der Waals surface area contributed by atoms with E-state index in [1.54, 1.807) is 12.1 Å². The molecule has 0 atom stereocenters. The van der Waals surface area contributed by atoms with Crippen molar-refractivity contribution in [1.29, 1.82) is 5.26 Å². The third-order valence-corrected chi connectivity index (χ3v) is 2.56. The summed E-state index contributed by atoms with van der Waals surface area (Å²) in [4.78, 5) is 13.8. The van der Waals surface area contributed by atoms with E-state index in [-0.39, 0.29) is 12.5 Å². The van der Waals surface area contributed by atoms with Gasteiger partial charge in [-0.2, -0.15) is 5.26 Å². The number of nitriles is 1. The Morgan fingerprint density at radius 1 is 1.00 bits per heavy atom. The minimum Gasteiger partial charge on any atom is -0.295 e. The van der Waals surface area contributed by atoms with Crippen LogP contribution in [0.3, 0.4) is 0 Å². The van der Waals surface area contributed by atoms with Gasteiger partial charge in [-0.1, -0.05) is 36.4 Å². The van der Waals surface area contributed by atoms with Crippen LogP contribution >= 0.6 is 0 Å². The molecule has 88 valence electrons. The highest BCUT2D eigenvalue weighted by atomic mass is 16.2. The summed E-state index contributed by atoms with van der Waals surface area (Å²) in [6, 6.07) is 20.2. The zero-order valence-electron chi connectivity index (χ0n) is 9.78. The monoisotopic (exact) mass is 236 g/mol. The largest absolute Gasteiger partial charge is 0.295 e. The summed E-state index contributed by atoms with van der Waals surface area (Å²) in [5.74, 6) is -0.164. The van der Waals surface area contributed by atoms with Gasteiger partial charge in [-0.15, -0.1) is 0 Å². The second kappa shape index (κ2) is 5.65. The highest BCUT2D eigenvalue weighted by Crippen LogP contribution is 2.16. The molecule has 0 bridgehead atoms. The standard InChI is InChI=1S/C15H12N2O/c16-11-12-17(14-9-5-2-6-10-14)15(18)13-7-3-1-4-8-13/h1-10H,12H2. The molecule has 2 aromatic rings. The van der Waals surface area contributed by atoms with Gasteiger partial charge in [0.25, 0.3) is 5.91 Å². The van der Waals surface area contributed by atoms with Gasteiger partial charge < -0.3 is 0 Å². The summed E-state index contributed by atoms with van der Waals surface area (Å²) in [6.45, 7) is 0.0394. The molecular formula is C15H12N2O. The smallest absolute Gasteiger partial charge is 0.259 e. The Hall–Kier alpha value is -2.60. The highest BCUT2D eigenvalue weighted by molar-refractivity contribution is 6.06. The van der Waals surface area contributed by atoms with Crippen LogP contribution in [0.15, 0.2) is 60.7 Å². The summed E-state index contributed by atoms with van der Waals surface area (Å²) < 4.78 is 0. The van der Waals surface area contributed by atoms with Crippen molar-refractivity contribution in [3.63, 3.8) is 0 Å². The Labute approximate surface area is 106 Å². The molecule has 0 saturated carbocycles. The predicted octanol–water partition coefficient (Wildman–Crippen LogP) is 2.86. The van der Waals surface area contributed by atoms with Gasteiger partial charge in [-0.25, -0.2) is 0 Å². The number of carbonyl (C=O) groups excluding carboxylic acids is 1. The van der Waals surface area contributed by atoms with Crippen LogP contribution in [0.4, 0.5) is 5.69 Å². The number of amides is 1. The Morgan fingerprint density at radius 3 is 2.11 bits per heavy atom. The van der Waals surface area contributed by atoms with Crippen LogP contribution in [0.1, 0.15) is 10.4 Å². The molecule has 3 heteroatoms. The highest BCUT2D eigenvalue weighted by Gasteiger charge is 2.16. The van der Waals surface area contributed by atoms with Gasteiger partial charge in [-0.05, 0) is 24.3 Å². The van der Waals surface area contributed by atoms with Gasteiger partial charge in [0.15, 0.2) is 0 Å². The molecule has 2 aromatic carbocycles. The van der Waals surface area contributed by atoms with Crippen LogP contribution in [-0.4, -0.2) is 12.5 Å². The van der Waals surface area contributed by atoms with E-state index in [2.05, 4.69) is 0 Å². The molecule has 0 heterocycles. The maximum Gasteiger partial charge on any atom is 0.259 e. The SMILES string of the molecule is N#CCN(C(=O)c1ccccc1)c1ccccc1. The first-order valence-corrected chi connectivity index (χ1v) is 5.62. The van der Waals surface area contributed by atoms with E-state index in [9.17, 15) is 4.79 Å². The molecule has 0 aliphatic rings. The number of anilines is 1. The molecule has 3 nitrogen and oxygen atoms in total. The summed E-state index contributed by atoms with van der Waals surface area (Å²) in [7, 11) is 0. The normalized spacial score (nSPS) is 9.50. The lowest BCUT2D eigenvalue weighted by molar-refractivity contribution is 0.0990. The maximum absolute atomic E-state index is 12.3. The van der Waals surface area contributed by atoms with Crippen molar-refractivity contribution in [3.05, 3.63) is 66.2 Å². The topological polar surface area (TPSA) is 44.1 Å². The van der Waals surface area contributed by atoms with Gasteiger partial charge in [0.2, 0.25) is 0 Å². The van der Waals surface area contributed by atoms with Crippen molar-refractivity contribution < 1.29 is 4.79 Å². The first-order valence-electron chi connectivity index (χ1n) is 5.62. The number of hydrogen-bond acceptors (Lipinski definition) is 2. The fraction of sp³-hybridized carbons (Fsp3) is 0.0667. The number of carbonyl (C=O) groups is 1. The lowest BCUT2D eigenvalue weighted by Crippen LogP contribution is -2.31. The van der Waals surface area contributed by atoms with E-state index in [0.29, 0.717) is 5.56 Å². The van der Waals surface area contributed by atoms with Crippen LogP contribution in [0.2, 0.25) is 0 Å². The molecule has 0 radical (unpaired) electrons. The molecule has 0 aliphatic heterocycles. The Balaban J connectivity index is 2.32. The number of benzene rings is 2. The Morgan fingerprint density at radius 2 is 1.56 bits per heavy atom. The van der Waals surface area contributed by atoms with Crippen molar-refractivity contribution in [2.75, 3.05) is 11.4 Å². The van der Waals surface area contributed by atoms with Crippen molar-refractivity contribution in [2.24, 2.45) is 0 Å². The quantitative estimate of drug-likeness (QED) is 0.769. The first kappa shape index (κ1) is 11.9. The van der Waals surface area contributed by atoms with Crippen molar-refractivity contribution in [2.45, 2.75) is 0 Å². The zero-order valence-corrected chi connectivity index (χ0v) is 9.78. The minimum atomic E-state index is -0.164. The Kier molecular flexibility index (Phi) is 3.72. The molecule has 0 aliphatic carbocycles. The van der Waals surface area contributed by atoms with Gasteiger partial charge in [0.1, 0.15) is 6.54 Å². The van der Waals surface area contributed by atoms with Crippen molar-refractivity contribution in [1.82, 2.24) is 0 Å². The fourth-order valence-electron chi connectivity index (χ4n) is 1.70. The van der Waals surface area contributed by atoms with Crippen molar-refractivity contribution >= 4 is 11.6 Å². The third kappa shape index (κ3) is 2.55. The van der Waals surface area contributed by atoms with E-state index in [4.69, 9.17) is 5.26 Å². The van der Waals surface area contributed by atoms with Crippen LogP contribution in [0, 0.1) is 11.3 Å². The van der Waals surface area contributed by atoms with Crippen LogP contribution in [-0.2, 0) is 0 Å². The summed E-state index contributed by atoms with van der Waals surface area (Å²) in [5, 5.41) is 8.85. The summed E-state index contributed by atoms with van der Waals surface area (Å²) in [5.41, 5.74) is 1.31. The summed E-state index contributed by atoms with van der Waals surface area (Å²) >= 11 is 0. The molecule has 0 fully saturated rings. The van der Waals surface area contributed by atoms with Crippen molar-refractivity contribution in [3.8, 4) is 6.07 Å². The second-order valence-electron chi connectivity index (χ2n) is 3.75. The van der Waals surface area contributed by atoms with Crippen LogP contribution < -0.4 is 4.90 Å². The molecule has 0 N–H and O–H groups in total. The minimum absolute atomic E-state index is 0.0394. The zero-order chi connectivity index (χ0) is 12.8. The van der Waals surface area contributed by atoms with Gasteiger partial charge in [0.05, 0.1) is 6.07 Å². The predicted molar refractivity (Wildman–Crippen MR) is 70.2 cm³/mol. The van der Waals surface area contributed by atoms with E-state index in [1.807, 2.05) is 54.6 Å². The third-order valence-electron chi connectivity index (χ3n) is 2.56. The van der Waals surface area contributed by atoms with Gasteiger partial charge >= 0.3 is 0 Å². The maximum atomic E-state index is 12.3. The molecule has 0 unspecified atom stereocenters. The van der Waals surface area contributed by atoms with Gasteiger partial charge in [0, 0.05) is 11.3 Å². The molecular weight excluding hydrogens is 224 g/mol. The molecule has 1 amide bonds. The second-order valence-corrected chi connectivity index (χ2v) is 3.75. The van der Waals surface area contributed by atoms with E-state index >= 15 is 0 Å². The average molecular weight is 236 g/mol. The molecule has 2 rings (SSSR count). The van der Waals surface area contributed by atoms with E-state index in [0.717, 1.165) is 5.69 Å². The molecule has 18 heavy (non-hydrogen) atoms. The summed E-state index contributed by atoms with van der Waals surface area (Å²) in [6.07, 6.45) is 0. The number of para-hydroxylation sites is 1. The fourth-order valence-corrected chi connectivity index (χ4v) is 1.70. The molecule has 0 aromatic heterocycles. The van der Waals surface area contributed by atoms with E-state index < -0.39 is 0 Å².